The summed E-state index contributed by atoms with van der Waals surface area (Å²) in [6, 6.07) is 7.19. The third-order valence-electron chi connectivity index (χ3n) is 7.97. The molecule has 2 aromatic rings. The van der Waals surface area contributed by atoms with E-state index < -0.39 is 39.5 Å². The van der Waals surface area contributed by atoms with E-state index in [1.807, 2.05) is 58.9 Å². The van der Waals surface area contributed by atoms with Gasteiger partial charge in [-0.2, -0.15) is 4.31 Å². The molecule has 2 aliphatic heterocycles. The number of nitrogens with zero attached hydrogens (tertiary/aromatic N) is 3. The highest BCUT2D eigenvalue weighted by Gasteiger charge is 2.56. The molecule has 3 heterocycles. The largest absolute Gasteiger partial charge is 0.344 e. The first kappa shape index (κ1) is 28.9. The normalized spacial score (nSPS) is 23.3. The van der Waals surface area contributed by atoms with Crippen molar-refractivity contribution < 1.29 is 22.8 Å². The molecule has 0 radical (unpaired) electrons. The summed E-state index contributed by atoms with van der Waals surface area (Å²) in [7, 11) is -3.63. The average Bonchev–Trinajstić information content (AvgIpc) is 3.46. The Hall–Kier alpha value is -3.05. The van der Waals surface area contributed by atoms with Crippen molar-refractivity contribution in [2.45, 2.75) is 65.6 Å². The molecular formula is C28H39N5O5S. The van der Waals surface area contributed by atoms with Crippen LogP contribution >= 0.6 is 0 Å². The number of fused-ring (bicyclic) bond motifs is 2. The number of carbonyl (C=O) groups excluding carboxylic acids is 3. The first-order valence-corrected chi connectivity index (χ1v) is 15.3. The van der Waals surface area contributed by atoms with E-state index in [0.717, 1.165) is 11.6 Å². The first-order chi connectivity index (χ1) is 18.2. The van der Waals surface area contributed by atoms with Gasteiger partial charge in [-0.25, -0.2) is 8.42 Å². The predicted octanol–water partition coefficient (Wildman–Crippen LogP) is 2.61. The second kappa shape index (κ2) is 10.8. The number of pyridine rings is 1. The molecule has 1 aromatic heterocycles. The number of nitrogens with one attached hydrogen (secondary N) is 2. The highest BCUT2D eigenvalue weighted by atomic mass is 32.2. The Balaban J connectivity index is 1.66. The number of sulfonamides is 1. The van der Waals surface area contributed by atoms with Crippen molar-refractivity contribution in [3.63, 3.8) is 0 Å². The molecule has 2 aliphatic rings. The molecule has 212 valence electrons. The van der Waals surface area contributed by atoms with Crippen LogP contribution in [0.3, 0.4) is 0 Å². The van der Waals surface area contributed by atoms with Crippen molar-refractivity contribution in [1.29, 1.82) is 0 Å². The summed E-state index contributed by atoms with van der Waals surface area (Å²) in [6.07, 6.45) is 3.83. The summed E-state index contributed by atoms with van der Waals surface area (Å²) < 4.78 is 26.8. The Bertz CT molecular complexity index is 1370. The van der Waals surface area contributed by atoms with Crippen molar-refractivity contribution in [2.75, 3.05) is 24.7 Å². The van der Waals surface area contributed by atoms with Crippen LogP contribution in [-0.2, 0) is 24.4 Å². The van der Waals surface area contributed by atoms with Gasteiger partial charge in [-0.15, -0.1) is 0 Å². The summed E-state index contributed by atoms with van der Waals surface area (Å²) in [4.78, 5) is 46.6. The molecule has 4 rings (SSSR count). The molecule has 0 spiro atoms. The van der Waals surface area contributed by atoms with Gasteiger partial charge in [0.1, 0.15) is 6.04 Å². The smallest absolute Gasteiger partial charge is 0.246 e. The van der Waals surface area contributed by atoms with Gasteiger partial charge >= 0.3 is 0 Å². The van der Waals surface area contributed by atoms with Crippen LogP contribution in [0, 0.1) is 17.3 Å². The lowest BCUT2D eigenvalue weighted by atomic mass is 9.84. The van der Waals surface area contributed by atoms with Crippen molar-refractivity contribution in [3.05, 3.63) is 36.5 Å². The number of carbonyl (C=O) groups is 3. The molecule has 0 saturated carbocycles. The quantitative estimate of drug-likeness (QED) is 0.539. The van der Waals surface area contributed by atoms with Gasteiger partial charge in [0.15, 0.2) is 0 Å². The third-order valence-corrected chi connectivity index (χ3v) is 9.25. The zero-order valence-corrected chi connectivity index (χ0v) is 24.3. The number of benzene rings is 1. The number of para-hydroxylation sites is 1. The van der Waals surface area contributed by atoms with E-state index in [-0.39, 0.29) is 30.2 Å². The molecule has 1 aromatic carbocycles. The van der Waals surface area contributed by atoms with E-state index in [1.54, 1.807) is 17.2 Å². The molecule has 0 unspecified atom stereocenters. The maximum atomic E-state index is 14.0. The van der Waals surface area contributed by atoms with Gasteiger partial charge < -0.3 is 15.5 Å². The van der Waals surface area contributed by atoms with Crippen molar-refractivity contribution in [1.82, 2.24) is 19.5 Å². The summed E-state index contributed by atoms with van der Waals surface area (Å²) in [6.45, 7) is 9.65. The molecule has 2 N–H and O–H groups in total. The SMILES string of the molecule is CC[C@@H](C)C(=O)N[C@H](C(=O)N1CC[C@@H]2[C@H]1[C@@H](C(=O)Nc1cccc3cccnc13)CN2S(C)(=O)=O)C(C)(C)C. The Morgan fingerprint density at radius 3 is 2.49 bits per heavy atom. The molecule has 11 heteroatoms. The lowest BCUT2D eigenvalue weighted by Gasteiger charge is -2.37. The maximum absolute atomic E-state index is 14.0. The van der Waals surface area contributed by atoms with Gasteiger partial charge in [-0.1, -0.05) is 52.8 Å². The molecular weight excluding hydrogens is 518 g/mol. The van der Waals surface area contributed by atoms with E-state index in [2.05, 4.69) is 15.6 Å². The number of anilines is 1. The average molecular weight is 558 g/mol. The fraction of sp³-hybridized carbons (Fsp3) is 0.571. The zero-order valence-electron chi connectivity index (χ0n) is 23.5. The maximum Gasteiger partial charge on any atom is 0.246 e. The summed E-state index contributed by atoms with van der Waals surface area (Å²) in [5.41, 5.74) is 0.555. The number of hydrogen-bond donors (Lipinski definition) is 2. The number of aromatic nitrogens is 1. The Labute approximate surface area is 230 Å². The Morgan fingerprint density at radius 2 is 1.85 bits per heavy atom. The minimum atomic E-state index is -3.63. The first-order valence-electron chi connectivity index (χ1n) is 13.5. The van der Waals surface area contributed by atoms with Crippen LogP contribution < -0.4 is 10.6 Å². The van der Waals surface area contributed by atoms with Crippen LogP contribution in [0.2, 0.25) is 0 Å². The van der Waals surface area contributed by atoms with Crippen LogP contribution in [0.4, 0.5) is 5.69 Å². The van der Waals surface area contributed by atoms with E-state index >= 15 is 0 Å². The van der Waals surface area contributed by atoms with Crippen LogP contribution in [0.25, 0.3) is 10.9 Å². The number of amides is 3. The molecule has 39 heavy (non-hydrogen) atoms. The molecule has 10 nitrogen and oxygen atoms in total. The highest BCUT2D eigenvalue weighted by Crippen LogP contribution is 2.39. The van der Waals surface area contributed by atoms with E-state index in [4.69, 9.17) is 0 Å². The number of rotatable bonds is 7. The molecule has 3 amide bonds. The van der Waals surface area contributed by atoms with E-state index in [1.165, 1.54) is 4.31 Å². The minimum Gasteiger partial charge on any atom is -0.344 e. The number of hydrogen-bond acceptors (Lipinski definition) is 6. The van der Waals surface area contributed by atoms with Gasteiger partial charge in [0.25, 0.3) is 0 Å². The summed E-state index contributed by atoms with van der Waals surface area (Å²) >= 11 is 0. The van der Waals surface area contributed by atoms with E-state index in [0.29, 0.717) is 30.6 Å². The zero-order chi connectivity index (χ0) is 28.7. The fourth-order valence-electron chi connectivity index (χ4n) is 5.63. The lowest BCUT2D eigenvalue weighted by molar-refractivity contribution is -0.142. The van der Waals surface area contributed by atoms with Crippen molar-refractivity contribution in [2.24, 2.45) is 17.3 Å². The van der Waals surface area contributed by atoms with Gasteiger partial charge in [0.05, 0.1) is 29.4 Å². The highest BCUT2D eigenvalue weighted by molar-refractivity contribution is 7.88. The molecule has 2 saturated heterocycles. The fourth-order valence-corrected chi connectivity index (χ4v) is 6.78. The topological polar surface area (TPSA) is 129 Å². The summed E-state index contributed by atoms with van der Waals surface area (Å²) in [5, 5.41) is 6.75. The lowest BCUT2D eigenvalue weighted by Crippen LogP contribution is -2.58. The monoisotopic (exact) mass is 557 g/mol. The Morgan fingerprint density at radius 1 is 1.15 bits per heavy atom. The third kappa shape index (κ3) is 5.79. The van der Waals surface area contributed by atoms with E-state index in [9.17, 15) is 22.8 Å². The second-order valence-corrected chi connectivity index (χ2v) is 13.7. The number of likely N-dealkylation sites (tertiary alicyclic amines) is 1. The van der Waals surface area contributed by atoms with Crippen LogP contribution in [-0.4, -0.2) is 77.8 Å². The Kier molecular flexibility index (Phi) is 8.05. The molecule has 0 aliphatic carbocycles. The summed E-state index contributed by atoms with van der Waals surface area (Å²) in [5.74, 6) is -1.92. The van der Waals surface area contributed by atoms with Gasteiger partial charge in [-0.3, -0.25) is 19.4 Å². The van der Waals surface area contributed by atoms with Gasteiger partial charge in [0.2, 0.25) is 27.7 Å². The molecule has 5 atom stereocenters. The van der Waals surface area contributed by atoms with Crippen molar-refractivity contribution >= 4 is 44.3 Å². The van der Waals surface area contributed by atoms with Crippen molar-refractivity contribution in [3.8, 4) is 0 Å². The minimum absolute atomic E-state index is 0.0264. The van der Waals surface area contributed by atoms with Crippen LogP contribution in [0.5, 0.6) is 0 Å². The van der Waals surface area contributed by atoms with Crippen LogP contribution in [0.15, 0.2) is 36.5 Å². The van der Waals surface area contributed by atoms with Gasteiger partial charge in [-0.05, 0) is 30.4 Å². The molecule has 0 bridgehead atoms. The predicted molar refractivity (Wildman–Crippen MR) is 150 cm³/mol. The standard InChI is InChI=1S/C28H39N5O5S/c1-7-17(2)25(34)31-24(28(3,4)5)27(36)32-15-13-21-23(32)19(16-33(21)39(6,37)38)26(35)30-20-12-8-10-18-11-9-14-29-22(18)20/h8-12,14,17,19,21,23-24H,7,13,15-16H2,1-6H3,(H,30,35)(H,31,34)/t17-,19+,21-,23-,24-/m1/s1. The molecule has 2 fully saturated rings. The van der Waals surface area contributed by atoms with Crippen LogP contribution in [0.1, 0.15) is 47.5 Å². The second-order valence-electron chi connectivity index (χ2n) is 11.8. The van der Waals surface area contributed by atoms with Gasteiger partial charge in [0, 0.05) is 36.6 Å².